The van der Waals surface area contributed by atoms with Crippen molar-refractivity contribution in [2.75, 3.05) is 9.91 Å². The maximum Gasteiger partial charge on any atom is 0.198 e. The molecule has 142 valence electrons. The fraction of sp³-hybridized carbons (Fsp3) is 0.182. The number of anilines is 2. The lowest BCUT2D eigenvalue weighted by Gasteiger charge is -2.31. The lowest BCUT2D eigenvalue weighted by atomic mass is 10.1. The minimum absolute atomic E-state index is 0.0729. The van der Waals surface area contributed by atoms with Gasteiger partial charge in [-0.1, -0.05) is 23.7 Å². The van der Waals surface area contributed by atoms with Gasteiger partial charge in [0.05, 0.1) is 5.69 Å². The van der Waals surface area contributed by atoms with Crippen molar-refractivity contribution in [2.45, 2.75) is 26.9 Å². The number of carbonyl (C=O) groups is 1. The monoisotopic (exact) mass is 409 g/mol. The van der Waals surface area contributed by atoms with E-state index in [1.165, 1.54) is 11.1 Å². The second-order valence-corrected chi connectivity index (χ2v) is 8.24. The molecule has 0 unspecified atom stereocenters. The Morgan fingerprint density at radius 1 is 1.04 bits per heavy atom. The molecule has 1 aromatic heterocycles. The van der Waals surface area contributed by atoms with Gasteiger partial charge in [0.25, 0.3) is 0 Å². The highest BCUT2D eigenvalue weighted by Crippen LogP contribution is 2.41. The smallest absolute Gasteiger partial charge is 0.198 e. The first-order valence-corrected chi connectivity index (χ1v) is 10.3. The number of carbonyl (C=O) groups excluding carboxylic acids is 1. The highest BCUT2D eigenvalue weighted by molar-refractivity contribution is 7.10. The molecule has 6 heteroatoms. The van der Waals surface area contributed by atoms with E-state index in [0.29, 0.717) is 10.9 Å². The minimum Gasteiger partial charge on any atom is -0.294 e. The number of nitrogens with zero attached hydrogens (tertiary/aromatic N) is 3. The highest BCUT2D eigenvalue weighted by atomic mass is 35.5. The normalized spacial score (nSPS) is 16.4. The summed E-state index contributed by atoms with van der Waals surface area (Å²) in [5.41, 5.74) is 4.22. The minimum atomic E-state index is -0.234. The van der Waals surface area contributed by atoms with E-state index >= 15 is 0 Å². The Balaban J connectivity index is 1.88. The number of ketones is 1. The van der Waals surface area contributed by atoms with Crippen LogP contribution >= 0.6 is 22.9 Å². The van der Waals surface area contributed by atoms with Crippen LogP contribution in [0.1, 0.15) is 29.1 Å². The van der Waals surface area contributed by atoms with Crippen LogP contribution in [0.2, 0.25) is 5.02 Å². The second kappa shape index (κ2) is 7.41. The molecule has 3 aromatic rings. The molecule has 1 aliphatic rings. The molecule has 2 aromatic carbocycles. The van der Waals surface area contributed by atoms with E-state index < -0.39 is 0 Å². The number of Topliss-reactive ketones (excluding diaryl/α,β-unsaturated/α-hetero) is 1. The Bertz CT molecular complexity index is 1040. The number of hydrogen-bond acceptors (Lipinski definition) is 5. The van der Waals surface area contributed by atoms with Crippen molar-refractivity contribution >= 4 is 45.9 Å². The van der Waals surface area contributed by atoms with Gasteiger partial charge < -0.3 is 0 Å². The van der Waals surface area contributed by atoms with Gasteiger partial charge in [-0.3, -0.25) is 9.69 Å². The van der Waals surface area contributed by atoms with Crippen molar-refractivity contribution < 1.29 is 4.79 Å². The average molecular weight is 410 g/mol. The lowest BCUT2D eigenvalue weighted by molar-refractivity contribution is -0.111. The average Bonchev–Trinajstić information content (AvgIpc) is 3.32. The zero-order chi connectivity index (χ0) is 19.8. The first-order valence-electron chi connectivity index (χ1n) is 9.00. The number of rotatable bonds is 4. The Kier molecular flexibility index (Phi) is 4.96. The third-order valence-corrected chi connectivity index (χ3v) is 6.04. The van der Waals surface area contributed by atoms with E-state index in [9.17, 15) is 4.79 Å². The summed E-state index contributed by atoms with van der Waals surface area (Å²) in [6, 6.07) is 17.9. The number of thiophene rings is 1. The van der Waals surface area contributed by atoms with Crippen LogP contribution in [0.25, 0.3) is 0 Å². The van der Waals surface area contributed by atoms with Crippen LogP contribution in [0, 0.1) is 13.8 Å². The van der Waals surface area contributed by atoms with Gasteiger partial charge in [0, 0.05) is 22.5 Å². The third-order valence-electron chi connectivity index (χ3n) is 4.88. The molecule has 0 radical (unpaired) electrons. The summed E-state index contributed by atoms with van der Waals surface area (Å²) in [6.07, 6.45) is -0.234. The van der Waals surface area contributed by atoms with Gasteiger partial charge in [-0.25, -0.2) is 5.01 Å². The molecule has 0 N–H and O–H groups in total. The largest absolute Gasteiger partial charge is 0.294 e. The summed E-state index contributed by atoms with van der Waals surface area (Å²) in [5.74, 6) is 0.354. The Hall–Kier alpha value is -2.63. The maximum absolute atomic E-state index is 12.5. The quantitative estimate of drug-likeness (QED) is 0.534. The SMILES string of the molecule is CC(=O)C1=NN(c2ccc(Cl)cc2)[C@@H](c2cccs2)N1c1ccc(C)c(C)c1. The fourth-order valence-electron chi connectivity index (χ4n) is 3.29. The van der Waals surface area contributed by atoms with Gasteiger partial charge in [0.15, 0.2) is 17.8 Å². The zero-order valence-corrected chi connectivity index (χ0v) is 17.5. The van der Waals surface area contributed by atoms with Crippen LogP contribution in [0.5, 0.6) is 0 Å². The summed E-state index contributed by atoms with van der Waals surface area (Å²) in [5, 5.41) is 9.33. The number of hydrazone groups is 1. The topological polar surface area (TPSA) is 35.9 Å². The molecule has 1 aliphatic heterocycles. The number of benzene rings is 2. The van der Waals surface area contributed by atoms with Gasteiger partial charge in [0.1, 0.15) is 0 Å². The van der Waals surface area contributed by atoms with E-state index in [1.807, 2.05) is 51.7 Å². The Morgan fingerprint density at radius 2 is 1.75 bits per heavy atom. The lowest BCUT2D eigenvalue weighted by Crippen LogP contribution is -2.37. The predicted octanol–water partition coefficient (Wildman–Crippen LogP) is 5.95. The van der Waals surface area contributed by atoms with Crippen LogP contribution in [-0.2, 0) is 4.79 Å². The summed E-state index contributed by atoms with van der Waals surface area (Å²) < 4.78 is 0. The van der Waals surface area contributed by atoms with Crippen LogP contribution in [0.4, 0.5) is 11.4 Å². The van der Waals surface area contributed by atoms with Gasteiger partial charge in [-0.2, -0.15) is 0 Å². The summed E-state index contributed by atoms with van der Waals surface area (Å²) >= 11 is 7.72. The van der Waals surface area contributed by atoms with E-state index in [4.69, 9.17) is 16.7 Å². The number of aryl methyl sites for hydroxylation is 2. The molecule has 1 atom stereocenters. The molecule has 28 heavy (non-hydrogen) atoms. The molecule has 2 heterocycles. The van der Waals surface area contributed by atoms with Crippen LogP contribution in [0.3, 0.4) is 0 Å². The molecule has 0 spiro atoms. The molecule has 0 amide bonds. The summed E-state index contributed by atoms with van der Waals surface area (Å²) in [6.45, 7) is 5.72. The summed E-state index contributed by atoms with van der Waals surface area (Å²) in [7, 11) is 0. The molecular formula is C22H20ClN3OS. The second-order valence-electron chi connectivity index (χ2n) is 6.83. The van der Waals surface area contributed by atoms with Crippen molar-refractivity contribution in [3.05, 3.63) is 81.0 Å². The Labute approximate surface area is 173 Å². The van der Waals surface area contributed by atoms with E-state index in [0.717, 1.165) is 16.3 Å². The number of halogens is 1. The number of amidine groups is 1. The summed E-state index contributed by atoms with van der Waals surface area (Å²) in [4.78, 5) is 15.6. The van der Waals surface area contributed by atoms with E-state index in [1.54, 1.807) is 18.3 Å². The van der Waals surface area contributed by atoms with Crippen LogP contribution in [-0.4, -0.2) is 11.6 Å². The van der Waals surface area contributed by atoms with Crippen molar-refractivity contribution in [1.29, 1.82) is 0 Å². The molecule has 0 fully saturated rings. The maximum atomic E-state index is 12.5. The molecule has 0 saturated carbocycles. The molecular weight excluding hydrogens is 390 g/mol. The molecule has 0 bridgehead atoms. The van der Waals surface area contributed by atoms with Gasteiger partial charge in [0.2, 0.25) is 0 Å². The van der Waals surface area contributed by atoms with Crippen LogP contribution < -0.4 is 9.91 Å². The predicted molar refractivity (Wildman–Crippen MR) is 118 cm³/mol. The van der Waals surface area contributed by atoms with Gasteiger partial charge in [-0.15, -0.1) is 16.4 Å². The first kappa shape index (κ1) is 18.7. The van der Waals surface area contributed by atoms with Crippen molar-refractivity contribution in [1.82, 2.24) is 0 Å². The standard InChI is InChI=1S/C22H20ClN3OS/c1-14-6-9-19(13-15(14)2)25-21(16(3)27)24-26(18-10-7-17(23)8-11-18)22(25)20-5-4-12-28-20/h4-13,22H,1-3H3/t22-/m0/s1. The molecule has 0 saturated heterocycles. The van der Waals surface area contributed by atoms with Crippen molar-refractivity contribution in [2.24, 2.45) is 5.10 Å². The molecule has 0 aliphatic carbocycles. The van der Waals surface area contributed by atoms with Crippen LogP contribution in [0.15, 0.2) is 65.1 Å². The van der Waals surface area contributed by atoms with E-state index in [-0.39, 0.29) is 11.9 Å². The molecule has 4 rings (SSSR count). The number of hydrogen-bond donors (Lipinski definition) is 0. The highest BCUT2D eigenvalue weighted by Gasteiger charge is 2.39. The van der Waals surface area contributed by atoms with Crippen molar-refractivity contribution in [3.63, 3.8) is 0 Å². The zero-order valence-electron chi connectivity index (χ0n) is 15.9. The van der Waals surface area contributed by atoms with Gasteiger partial charge >= 0.3 is 0 Å². The van der Waals surface area contributed by atoms with E-state index in [2.05, 4.69) is 32.0 Å². The Morgan fingerprint density at radius 3 is 2.36 bits per heavy atom. The fourth-order valence-corrected chi connectivity index (χ4v) is 4.21. The van der Waals surface area contributed by atoms with Gasteiger partial charge in [-0.05, 0) is 72.8 Å². The first-order chi connectivity index (χ1) is 13.5. The molecule has 4 nitrogen and oxygen atoms in total. The third kappa shape index (κ3) is 3.32. The van der Waals surface area contributed by atoms with Crippen molar-refractivity contribution in [3.8, 4) is 0 Å².